The summed E-state index contributed by atoms with van der Waals surface area (Å²) in [7, 11) is 1.74. The summed E-state index contributed by atoms with van der Waals surface area (Å²) in [5.41, 5.74) is 7.71. The third-order valence-electron chi connectivity index (χ3n) is 7.78. The second-order valence-electron chi connectivity index (χ2n) is 10.4. The van der Waals surface area contributed by atoms with Crippen LogP contribution >= 0.6 is 0 Å². The van der Waals surface area contributed by atoms with Crippen molar-refractivity contribution in [3.8, 4) is 11.8 Å². The molecule has 1 unspecified atom stereocenters. The van der Waals surface area contributed by atoms with Crippen LogP contribution < -0.4 is 5.73 Å². The number of methoxy groups -OCH3 is 1. The van der Waals surface area contributed by atoms with E-state index in [4.69, 9.17) is 20.2 Å². The minimum absolute atomic E-state index is 0.0845. The number of rotatable bonds is 4. The van der Waals surface area contributed by atoms with Gasteiger partial charge in [-0.05, 0) is 82.1 Å². The van der Waals surface area contributed by atoms with E-state index < -0.39 is 16.9 Å². The second-order valence-corrected chi connectivity index (χ2v) is 10.4. The molecule has 0 bridgehead atoms. The van der Waals surface area contributed by atoms with E-state index in [0.717, 1.165) is 61.6 Å². The van der Waals surface area contributed by atoms with Crippen molar-refractivity contribution in [1.82, 2.24) is 4.90 Å². The molecular formula is C27H33N3O4. The lowest BCUT2D eigenvalue weighted by Gasteiger charge is -2.45. The Balaban J connectivity index is 1.56. The third kappa shape index (κ3) is 3.69. The van der Waals surface area contributed by atoms with Crippen LogP contribution in [-0.4, -0.2) is 48.6 Å². The molecule has 4 aliphatic rings. The Labute approximate surface area is 201 Å². The van der Waals surface area contributed by atoms with Crippen molar-refractivity contribution in [2.45, 2.75) is 76.5 Å². The normalized spacial score (nSPS) is 29.9. The zero-order chi connectivity index (χ0) is 24.1. The quantitative estimate of drug-likeness (QED) is 0.547. The number of hydrogen-bond donors (Lipinski definition) is 1. The molecule has 7 heteroatoms. The van der Waals surface area contributed by atoms with Gasteiger partial charge in [-0.15, -0.1) is 0 Å². The van der Waals surface area contributed by atoms with Crippen molar-refractivity contribution in [2.24, 2.45) is 22.1 Å². The molecule has 1 atom stereocenters. The van der Waals surface area contributed by atoms with Gasteiger partial charge in [0.1, 0.15) is 6.54 Å². The number of guanidine groups is 1. The van der Waals surface area contributed by atoms with Gasteiger partial charge in [-0.1, -0.05) is 17.9 Å². The first-order chi connectivity index (χ1) is 16.3. The second kappa shape index (κ2) is 8.42. The molecule has 1 aromatic rings. The topological polar surface area (TPSA) is 94.2 Å². The van der Waals surface area contributed by atoms with E-state index >= 15 is 0 Å². The maximum atomic E-state index is 14.2. The summed E-state index contributed by atoms with van der Waals surface area (Å²) >= 11 is 0. The molecule has 0 radical (unpaired) electrons. The minimum Gasteiger partial charge on any atom is -0.462 e. The number of esters is 1. The molecule has 5 rings (SSSR count). The first-order valence-electron chi connectivity index (χ1n) is 12.3. The maximum absolute atomic E-state index is 14.2. The number of amides is 1. The summed E-state index contributed by atoms with van der Waals surface area (Å²) in [6.07, 6.45) is 6.30. The number of aliphatic imine (C=N–C) groups is 1. The largest absolute Gasteiger partial charge is 0.462 e. The highest BCUT2D eigenvalue weighted by Gasteiger charge is 2.66. The molecule has 2 saturated carbocycles. The fourth-order valence-corrected chi connectivity index (χ4v) is 5.94. The van der Waals surface area contributed by atoms with E-state index in [2.05, 4.69) is 17.9 Å². The third-order valence-corrected chi connectivity index (χ3v) is 7.78. The van der Waals surface area contributed by atoms with E-state index in [9.17, 15) is 9.59 Å². The summed E-state index contributed by atoms with van der Waals surface area (Å²) in [6.45, 7) is 3.33. The molecule has 1 heterocycles. The predicted octanol–water partition coefficient (Wildman–Crippen LogP) is 2.88. The van der Waals surface area contributed by atoms with E-state index in [-0.39, 0.29) is 30.6 Å². The molecule has 1 aromatic carbocycles. The minimum atomic E-state index is -1.14. The average Bonchev–Trinajstić information content (AvgIpc) is 3.56. The number of ether oxygens (including phenoxy) is 2. The van der Waals surface area contributed by atoms with Crippen LogP contribution in [0.5, 0.6) is 0 Å². The smallest absolute Gasteiger partial charge is 0.326 e. The van der Waals surface area contributed by atoms with Crippen molar-refractivity contribution < 1.29 is 19.1 Å². The van der Waals surface area contributed by atoms with Crippen molar-refractivity contribution in [1.29, 1.82) is 0 Å². The van der Waals surface area contributed by atoms with Crippen LogP contribution in [0.4, 0.5) is 0 Å². The van der Waals surface area contributed by atoms with Gasteiger partial charge in [0.2, 0.25) is 0 Å². The van der Waals surface area contributed by atoms with E-state index in [1.807, 2.05) is 12.1 Å². The van der Waals surface area contributed by atoms with Gasteiger partial charge >= 0.3 is 5.97 Å². The number of carbonyl (C=O) groups is 2. The summed E-state index contributed by atoms with van der Waals surface area (Å²) < 4.78 is 10.9. The van der Waals surface area contributed by atoms with E-state index in [1.54, 1.807) is 21.0 Å². The lowest BCUT2D eigenvalue weighted by atomic mass is 9.61. The number of nitrogens with two attached hydrogens (primary N) is 1. The zero-order valence-electron chi connectivity index (χ0n) is 20.2. The molecule has 1 aliphatic heterocycles. The van der Waals surface area contributed by atoms with Gasteiger partial charge in [-0.25, -0.2) is 4.99 Å². The van der Waals surface area contributed by atoms with Crippen LogP contribution in [0, 0.1) is 23.2 Å². The summed E-state index contributed by atoms with van der Waals surface area (Å²) in [5, 5.41) is 0. The Morgan fingerprint density at radius 1 is 1.26 bits per heavy atom. The fourth-order valence-electron chi connectivity index (χ4n) is 5.94. The first kappa shape index (κ1) is 22.9. The van der Waals surface area contributed by atoms with Crippen LogP contribution in [0.15, 0.2) is 23.2 Å². The molecule has 7 nitrogen and oxygen atoms in total. The standard InChI is InChI=1S/C27H33N3O4/c1-17(2)34-23(31)16-30-24(32)27(29-25(30)28)22-14-19(7-6-18-4-5-18)8-9-20(22)15-26(27)12-10-21(33-3)11-13-26/h8-9,14,17-18,21H,4-5,10-13,15-16H2,1-3H3,(H2,28,29)/t21-,26-,27?. The molecule has 2 spiro atoms. The molecule has 34 heavy (non-hydrogen) atoms. The Hall–Kier alpha value is -2.85. The van der Waals surface area contributed by atoms with Gasteiger partial charge in [0.25, 0.3) is 5.91 Å². The van der Waals surface area contributed by atoms with E-state index in [0.29, 0.717) is 5.92 Å². The Kier molecular flexibility index (Phi) is 5.68. The van der Waals surface area contributed by atoms with Gasteiger partial charge in [0.15, 0.2) is 11.5 Å². The van der Waals surface area contributed by atoms with Gasteiger partial charge in [0.05, 0.1) is 12.2 Å². The van der Waals surface area contributed by atoms with Crippen LogP contribution in [0.2, 0.25) is 0 Å². The SMILES string of the molecule is CO[C@H]1CC[C@]2(CC1)Cc1ccc(C#CC3CC3)cc1C21N=C(N)N(CC(=O)OC(C)C)C1=O. The molecule has 2 fully saturated rings. The maximum Gasteiger partial charge on any atom is 0.326 e. The van der Waals surface area contributed by atoms with Crippen LogP contribution in [0.1, 0.15) is 69.1 Å². The number of fused-ring (bicyclic) bond motifs is 3. The molecule has 0 saturated heterocycles. The van der Waals surface area contributed by atoms with Gasteiger partial charge in [0, 0.05) is 24.0 Å². The molecule has 3 aliphatic carbocycles. The molecule has 180 valence electrons. The summed E-state index contributed by atoms with van der Waals surface area (Å²) in [6, 6.07) is 6.18. The lowest BCUT2D eigenvalue weighted by Crippen LogP contribution is -2.53. The van der Waals surface area contributed by atoms with Crippen molar-refractivity contribution in [2.75, 3.05) is 13.7 Å². The lowest BCUT2D eigenvalue weighted by molar-refractivity contribution is -0.152. The highest BCUT2D eigenvalue weighted by molar-refractivity contribution is 6.10. The number of hydrogen-bond acceptors (Lipinski definition) is 6. The van der Waals surface area contributed by atoms with Crippen molar-refractivity contribution in [3.05, 3.63) is 34.9 Å². The summed E-state index contributed by atoms with van der Waals surface area (Å²) in [4.78, 5) is 32.9. The number of benzene rings is 1. The molecule has 1 amide bonds. The average molecular weight is 464 g/mol. The van der Waals surface area contributed by atoms with Gasteiger partial charge in [-0.2, -0.15) is 0 Å². The van der Waals surface area contributed by atoms with Crippen molar-refractivity contribution >= 4 is 17.8 Å². The first-order valence-corrected chi connectivity index (χ1v) is 12.3. The zero-order valence-corrected chi connectivity index (χ0v) is 20.2. The highest BCUT2D eigenvalue weighted by Crippen LogP contribution is 2.62. The molecular weight excluding hydrogens is 430 g/mol. The highest BCUT2D eigenvalue weighted by atomic mass is 16.5. The van der Waals surface area contributed by atoms with Gasteiger partial charge < -0.3 is 15.2 Å². The van der Waals surface area contributed by atoms with Crippen LogP contribution in [0.3, 0.4) is 0 Å². The van der Waals surface area contributed by atoms with E-state index in [1.165, 1.54) is 4.90 Å². The van der Waals surface area contributed by atoms with Crippen LogP contribution in [-0.2, 0) is 31.0 Å². The monoisotopic (exact) mass is 463 g/mol. The van der Waals surface area contributed by atoms with Crippen LogP contribution in [0.25, 0.3) is 0 Å². The Bertz CT molecular complexity index is 1100. The van der Waals surface area contributed by atoms with Gasteiger partial charge in [-0.3, -0.25) is 14.5 Å². The van der Waals surface area contributed by atoms with Crippen molar-refractivity contribution in [3.63, 3.8) is 0 Å². The number of nitrogens with zero attached hydrogens (tertiary/aromatic N) is 2. The molecule has 2 N–H and O–H groups in total. The Morgan fingerprint density at radius 2 is 2.00 bits per heavy atom. The summed E-state index contributed by atoms with van der Waals surface area (Å²) in [5.74, 6) is 6.47. The fraction of sp³-hybridized carbons (Fsp3) is 0.593. The number of carbonyl (C=O) groups excluding carboxylic acids is 2. The Morgan fingerprint density at radius 3 is 2.65 bits per heavy atom. The molecule has 0 aromatic heterocycles. The predicted molar refractivity (Wildman–Crippen MR) is 128 cm³/mol.